The van der Waals surface area contributed by atoms with Gasteiger partial charge in [0.25, 0.3) is 0 Å². The molecule has 1 aromatic rings. The summed E-state index contributed by atoms with van der Waals surface area (Å²) in [5.74, 6) is 0. The Morgan fingerprint density at radius 3 is 2.46 bits per heavy atom. The first-order valence-electron chi connectivity index (χ1n) is 4.36. The number of ether oxygens (including phenoxy) is 1. The van der Waals surface area contributed by atoms with Crippen molar-refractivity contribution in [2.24, 2.45) is 0 Å². The van der Waals surface area contributed by atoms with Gasteiger partial charge in [0.2, 0.25) is 0 Å². The molecule has 3 nitrogen and oxygen atoms in total. The summed E-state index contributed by atoms with van der Waals surface area (Å²) in [7, 11) is 0. The first kappa shape index (κ1) is 9.86. The average molecular weight is 179 g/mol. The highest BCUT2D eigenvalue weighted by molar-refractivity contribution is 5.73. The second kappa shape index (κ2) is 6.31. The molecule has 1 fully saturated rings. The van der Waals surface area contributed by atoms with Gasteiger partial charge in [0.15, 0.2) is 6.29 Å². The van der Waals surface area contributed by atoms with Gasteiger partial charge in [0.1, 0.15) is 0 Å². The van der Waals surface area contributed by atoms with Gasteiger partial charge in [-0.3, -0.25) is 9.78 Å². The zero-order valence-corrected chi connectivity index (χ0v) is 7.48. The number of carbonyl (C=O) groups excluding carboxylic acids is 1. The largest absolute Gasteiger partial charge is 0.381 e. The van der Waals surface area contributed by atoms with Gasteiger partial charge in [-0.1, -0.05) is 0 Å². The van der Waals surface area contributed by atoms with Crippen molar-refractivity contribution < 1.29 is 9.53 Å². The molecule has 13 heavy (non-hydrogen) atoms. The number of aldehydes is 1. The van der Waals surface area contributed by atoms with Gasteiger partial charge in [0, 0.05) is 31.2 Å². The van der Waals surface area contributed by atoms with Gasteiger partial charge in [0.05, 0.1) is 0 Å². The number of rotatable bonds is 1. The van der Waals surface area contributed by atoms with E-state index in [0.717, 1.165) is 19.5 Å². The molecule has 1 saturated heterocycles. The van der Waals surface area contributed by atoms with Crippen LogP contribution in [0.25, 0.3) is 0 Å². The van der Waals surface area contributed by atoms with E-state index in [2.05, 4.69) is 4.98 Å². The van der Waals surface area contributed by atoms with Crippen LogP contribution in [0.1, 0.15) is 23.2 Å². The van der Waals surface area contributed by atoms with E-state index in [1.807, 2.05) is 0 Å². The van der Waals surface area contributed by atoms with Crippen LogP contribution < -0.4 is 0 Å². The molecule has 2 rings (SSSR count). The van der Waals surface area contributed by atoms with E-state index in [-0.39, 0.29) is 0 Å². The molecular weight excluding hydrogens is 166 g/mol. The fraction of sp³-hybridized carbons (Fsp3) is 0.400. The van der Waals surface area contributed by atoms with Crippen LogP contribution in [0.4, 0.5) is 0 Å². The van der Waals surface area contributed by atoms with E-state index in [1.165, 1.54) is 19.0 Å². The lowest BCUT2D eigenvalue weighted by atomic mass is 10.3. The molecule has 0 aromatic carbocycles. The van der Waals surface area contributed by atoms with Crippen LogP contribution in [0, 0.1) is 0 Å². The van der Waals surface area contributed by atoms with Crippen LogP contribution >= 0.6 is 0 Å². The number of aromatic nitrogens is 1. The van der Waals surface area contributed by atoms with Crippen LogP contribution in [0.2, 0.25) is 0 Å². The Bertz CT molecular complexity index is 224. The molecule has 0 unspecified atom stereocenters. The van der Waals surface area contributed by atoms with Crippen molar-refractivity contribution in [1.29, 1.82) is 0 Å². The molecule has 1 aromatic heterocycles. The Balaban J connectivity index is 0.000000145. The monoisotopic (exact) mass is 179 g/mol. The summed E-state index contributed by atoms with van der Waals surface area (Å²) < 4.78 is 4.94. The van der Waals surface area contributed by atoms with Crippen LogP contribution in [-0.4, -0.2) is 24.5 Å². The van der Waals surface area contributed by atoms with Gasteiger partial charge in [-0.25, -0.2) is 0 Å². The Morgan fingerprint density at radius 2 is 2.15 bits per heavy atom. The lowest BCUT2D eigenvalue weighted by molar-refractivity contribution is 0.112. The van der Waals surface area contributed by atoms with Crippen molar-refractivity contribution in [3.05, 3.63) is 30.1 Å². The lowest BCUT2D eigenvalue weighted by Crippen LogP contribution is -1.77. The number of carbonyl (C=O) groups is 1. The highest BCUT2D eigenvalue weighted by Gasteiger charge is 1.94. The van der Waals surface area contributed by atoms with Crippen LogP contribution in [0.5, 0.6) is 0 Å². The summed E-state index contributed by atoms with van der Waals surface area (Å²) in [6.07, 6.45) is 6.48. The van der Waals surface area contributed by atoms with Crippen molar-refractivity contribution in [3.63, 3.8) is 0 Å². The Morgan fingerprint density at radius 1 is 1.38 bits per heavy atom. The van der Waals surface area contributed by atoms with E-state index < -0.39 is 0 Å². The molecule has 0 spiro atoms. The molecular formula is C10H13NO2. The zero-order valence-electron chi connectivity index (χ0n) is 7.48. The first-order chi connectivity index (χ1) is 6.43. The average Bonchev–Trinajstić information content (AvgIpc) is 2.77. The summed E-state index contributed by atoms with van der Waals surface area (Å²) in [5, 5.41) is 0. The minimum atomic E-state index is 0.618. The van der Waals surface area contributed by atoms with E-state index in [1.54, 1.807) is 18.3 Å². The lowest BCUT2D eigenvalue weighted by Gasteiger charge is -1.81. The molecule has 0 saturated carbocycles. The maximum Gasteiger partial charge on any atom is 0.151 e. The van der Waals surface area contributed by atoms with Gasteiger partial charge < -0.3 is 4.74 Å². The van der Waals surface area contributed by atoms with Crippen molar-refractivity contribution in [2.75, 3.05) is 13.2 Å². The number of hydrogen-bond acceptors (Lipinski definition) is 3. The normalized spacial score (nSPS) is 14.5. The SMILES string of the molecule is C1CCOC1.O=Cc1cccnc1. The molecule has 0 amide bonds. The Hall–Kier alpha value is -1.22. The number of nitrogens with zero attached hydrogens (tertiary/aromatic N) is 1. The second-order valence-electron chi connectivity index (χ2n) is 2.72. The topological polar surface area (TPSA) is 39.2 Å². The van der Waals surface area contributed by atoms with E-state index >= 15 is 0 Å². The summed E-state index contributed by atoms with van der Waals surface area (Å²) in [5.41, 5.74) is 0.618. The molecule has 70 valence electrons. The molecule has 0 atom stereocenters. The van der Waals surface area contributed by atoms with Crippen molar-refractivity contribution in [2.45, 2.75) is 12.8 Å². The standard InChI is InChI=1S/C6H5NO.C4H8O/c8-5-6-2-1-3-7-4-6;1-2-4-5-3-1/h1-5H;1-4H2. The first-order valence-corrected chi connectivity index (χ1v) is 4.36. The summed E-state index contributed by atoms with van der Waals surface area (Å²) >= 11 is 0. The quantitative estimate of drug-likeness (QED) is 0.616. The van der Waals surface area contributed by atoms with Crippen LogP contribution in [0.15, 0.2) is 24.5 Å². The summed E-state index contributed by atoms with van der Waals surface area (Å²) in [4.78, 5) is 13.7. The minimum absolute atomic E-state index is 0.618. The van der Waals surface area contributed by atoms with E-state index in [0.29, 0.717) is 5.56 Å². The molecule has 0 N–H and O–H groups in total. The molecule has 1 aliphatic heterocycles. The van der Waals surface area contributed by atoms with Gasteiger partial charge in [-0.05, 0) is 25.0 Å². The highest BCUT2D eigenvalue weighted by Crippen LogP contribution is 1.98. The molecule has 2 heterocycles. The minimum Gasteiger partial charge on any atom is -0.381 e. The predicted molar refractivity (Wildman–Crippen MR) is 49.7 cm³/mol. The van der Waals surface area contributed by atoms with Crippen molar-refractivity contribution in [3.8, 4) is 0 Å². The van der Waals surface area contributed by atoms with Crippen LogP contribution in [0.3, 0.4) is 0 Å². The maximum atomic E-state index is 9.97. The third-order valence-electron chi connectivity index (χ3n) is 1.65. The fourth-order valence-electron chi connectivity index (χ4n) is 0.956. The van der Waals surface area contributed by atoms with Crippen molar-refractivity contribution >= 4 is 6.29 Å². The molecule has 0 bridgehead atoms. The third-order valence-corrected chi connectivity index (χ3v) is 1.65. The molecule has 0 radical (unpaired) electrons. The molecule has 1 aliphatic rings. The van der Waals surface area contributed by atoms with Gasteiger partial charge >= 0.3 is 0 Å². The maximum absolute atomic E-state index is 9.97. The summed E-state index contributed by atoms with van der Waals surface area (Å²) in [6, 6.07) is 3.43. The Labute approximate surface area is 77.8 Å². The second-order valence-corrected chi connectivity index (χ2v) is 2.72. The van der Waals surface area contributed by atoms with Gasteiger partial charge in [-0.2, -0.15) is 0 Å². The van der Waals surface area contributed by atoms with Gasteiger partial charge in [-0.15, -0.1) is 0 Å². The smallest absolute Gasteiger partial charge is 0.151 e. The molecule has 3 heteroatoms. The Kier molecular flexibility index (Phi) is 4.79. The fourth-order valence-corrected chi connectivity index (χ4v) is 0.956. The predicted octanol–water partition coefficient (Wildman–Crippen LogP) is 1.69. The van der Waals surface area contributed by atoms with Crippen molar-refractivity contribution in [1.82, 2.24) is 4.98 Å². The number of hydrogen-bond donors (Lipinski definition) is 0. The number of pyridine rings is 1. The van der Waals surface area contributed by atoms with E-state index in [9.17, 15) is 4.79 Å². The van der Waals surface area contributed by atoms with E-state index in [4.69, 9.17) is 4.74 Å². The molecule has 0 aliphatic carbocycles. The van der Waals surface area contributed by atoms with Crippen LogP contribution in [-0.2, 0) is 4.74 Å². The summed E-state index contributed by atoms with van der Waals surface area (Å²) in [6.45, 7) is 2.00. The third kappa shape index (κ3) is 4.38. The zero-order chi connectivity index (χ0) is 9.36. The highest BCUT2D eigenvalue weighted by atomic mass is 16.5.